The normalized spacial score (nSPS) is 13.0. The fraction of sp³-hybridized carbons (Fsp3) is 0.167. The molecule has 0 aromatic heterocycles. The van der Waals surface area contributed by atoms with E-state index in [0.29, 0.717) is 17.8 Å². The zero-order valence-corrected chi connectivity index (χ0v) is 16.2. The number of methoxy groups -OCH3 is 1. The molecule has 0 spiro atoms. The molecule has 0 atom stereocenters. The van der Waals surface area contributed by atoms with Crippen LogP contribution in [0.3, 0.4) is 0 Å². The number of aryl methyl sites for hydroxylation is 2. The third kappa shape index (κ3) is 3.18. The Balaban J connectivity index is 1.69. The molecule has 3 aromatic carbocycles. The van der Waals surface area contributed by atoms with Crippen LogP contribution in [0.25, 0.3) is 11.1 Å². The Labute approximate surface area is 164 Å². The number of ether oxygens (including phenoxy) is 1. The van der Waals surface area contributed by atoms with Crippen molar-refractivity contribution in [1.29, 1.82) is 0 Å². The fourth-order valence-corrected chi connectivity index (χ4v) is 3.76. The van der Waals surface area contributed by atoms with Crippen LogP contribution in [-0.4, -0.2) is 18.8 Å². The molecule has 1 aliphatic rings. The lowest BCUT2D eigenvalue weighted by Crippen LogP contribution is -2.29. The molecule has 0 fully saturated rings. The molecule has 4 heteroatoms. The minimum atomic E-state index is -0.471. The monoisotopic (exact) mass is 371 g/mol. The number of hydrogen-bond donors (Lipinski definition) is 0. The molecule has 0 radical (unpaired) electrons. The molecule has 0 aliphatic carbocycles. The van der Waals surface area contributed by atoms with Gasteiger partial charge in [0, 0.05) is 0 Å². The Morgan fingerprint density at radius 1 is 0.821 bits per heavy atom. The third-order valence-corrected chi connectivity index (χ3v) is 5.02. The molecule has 1 heterocycles. The second kappa shape index (κ2) is 6.97. The van der Waals surface area contributed by atoms with E-state index in [1.807, 2.05) is 50.2 Å². The van der Waals surface area contributed by atoms with Gasteiger partial charge in [0.2, 0.25) is 0 Å². The molecular formula is C24H21NO3. The van der Waals surface area contributed by atoms with Gasteiger partial charge in [0.25, 0.3) is 11.7 Å². The third-order valence-electron chi connectivity index (χ3n) is 5.02. The van der Waals surface area contributed by atoms with E-state index in [1.165, 1.54) is 0 Å². The van der Waals surface area contributed by atoms with Gasteiger partial charge in [-0.2, -0.15) is 0 Å². The highest BCUT2D eigenvalue weighted by atomic mass is 16.5. The number of fused-ring (bicyclic) bond motifs is 1. The second-order valence-electron chi connectivity index (χ2n) is 7.18. The number of ketones is 1. The maximum atomic E-state index is 12.6. The Morgan fingerprint density at radius 3 is 2.11 bits per heavy atom. The van der Waals surface area contributed by atoms with Crippen LogP contribution in [-0.2, 0) is 11.3 Å². The summed E-state index contributed by atoms with van der Waals surface area (Å²) in [6.45, 7) is 4.45. The van der Waals surface area contributed by atoms with Gasteiger partial charge in [0.1, 0.15) is 5.75 Å². The van der Waals surface area contributed by atoms with Gasteiger partial charge in [-0.05, 0) is 54.8 Å². The predicted molar refractivity (Wildman–Crippen MR) is 110 cm³/mol. The van der Waals surface area contributed by atoms with E-state index >= 15 is 0 Å². The summed E-state index contributed by atoms with van der Waals surface area (Å²) in [5.74, 6) is -0.147. The molecule has 4 nitrogen and oxygen atoms in total. The molecule has 0 unspecified atom stereocenters. The first-order chi connectivity index (χ1) is 13.5. The number of Topliss-reactive ketones (excluding diaryl/α,β-unsaturated/α-hetero) is 1. The van der Waals surface area contributed by atoms with Crippen molar-refractivity contribution in [1.82, 2.24) is 0 Å². The van der Waals surface area contributed by atoms with E-state index in [-0.39, 0.29) is 0 Å². The number of anilines is 1. The number of carbonyl (C=O) groups excluding carboxylic acids is 2. The molecule has 1 amide bonds. The van der Waals surface area contributed by atoms with Crippen molar-refractivity contribution in [2.24, 2.45) is 0 Å². The van der Waals surface area contributed by atoms with Gasteiger partial charge in [-0.25, -0.2) is 0 Å². The quantitative estimate of drug-likeness (QED) is 0.624. The van der Waals surface area contributed by atoms with E-state index < -0.39 is 11.7 Å². The topological polar surface area (TPSA) is 46.6 Å². The summed E-state index contributed by atoms with van der Waals surface area (Å²) in [5.41, 5.74) is 6.30. The van der Waals surface area contributed by atoms with Gasteiger partial charge in [-0.3, -0.25) is 9.59 Å². The smallest absolute Gasteiger partial charge is 0.299 e. The van der Waals surface area contributed by atoms with Crippen molar-refractivity contribution >= 4 is 17.4 Å². The average Bonchev–Trinajstić information content (AvgIpc) is 2.92. The maximum absolute atomic E-state index is 12.6. The van der Waals surface area contributed by atoms with Gasteiger partial charge >= 0.3 is 0 Å². The molecule has 140 valence electrons. The van der Waals surface area contributed by atoms with Crippen molar-refractivity contribution in [2.75, 3.05) is 12.0 Å². The van der Waals surface area contributed by atoms with Crippen LogP contribution >= 0.6 is 0 Å². The van der Waals surface area contributed by atoms with E-state index in [4.69, 9.17) is 4.74 Å². The van der Waals surface area contributed by atoms with Gasteiger partial charge in [-0.15, -0.1) is 0 Å². The van der Waals surface area contributed by atoms with E-state index in [0.717, 1.165) is 33.6 Å². The number of nitrogens with zero attached hydrogens (tertiary/aromatic N) is 1. The second-order valence-corrected chi connectivity index (χ2v) is 7.18. The highest BCUT2D eigenvalue weighted by Crippen LogP contribution is 2.34. The van der Waals surface area contributed by atoms with Gasteiger partial charge in [-0.1, -0.05) is 47.5 Å². The lowest BCUT2D eigenvalue weighted by Gasteiger charge is -2.17. The zero-order chi connectivity index (χ0) is 19.8. The number of hydrogen-bond acceptors (Lipinski definition) is 3. The largest absolute Gasteiger partial charge is 0.497 e. The van der Waals surface area contributed by atoms with Crippen molar-refractivity contribution in [3.8, 4) is 16.9 Å². The Bertz CT molecular complexity index is 1060. The zero-order valence-electron chi connectivity index (χ0n) is 16.2. The molecule has 0 saturated carbocycles. The molecule has 0 saturated heterocycles. The molecule has 3 aromatic rings. The standard InChI is InChI=1S/C24H21NO3/c1-15-10-16(2)12-17(11-15)14-25-22-9-6-19(13-21(22)23(26)24(25)27)18-4-7-20(28-3)8-5-18/h4-13H,14H2,1-3H3. The molecule has 4 rings (SSSR count). The molecule has 0 N–H and O–H groups in total. The SMILES string of the molecule is COc1ccc(-c2ccc3c(c2)C(=O)C(=O)N3Cc2cc(C)cc(C)c2)cc1. The van der Waals surface area contributed by atoms with Crippen LogP contribution < -0.4 is 9.64 Å². The van der Waals surface area contributed by atoms with E-state index in [2.05, 4.69) is 18.2 Å². The highest BCUT2D eigenvalue weighted by Gasteiger charge is 2.36. The van der Waals surface area contributed by atoms with Crippen LogP contribution in [0.1, 0.15) is 27.0 Å². The first-order valence-electron chi connectivity index (χ1n) is 9.18. The summed E-state index contributed by atoms with van der Waals surface area (Å²) >= 11 is 0. The first kappa shape index (κ1) is 18.0. The Morgan fingerprint density at radius 2 is 1.46 bits per heavy atom. The van der Waals surface area contributed by atoms with Crippen LogP contribution in [0.15, 0.2) is 60.7 Å². The van der Waals surface area contributed by atoms with Crippen LogP contribution in [0.5, 0.6) is 5.75 Å². The molecular weight excluding hydrogens is 350 g/mol. The average molecular weight is 371 g/mol. The lowest BCUT2D eigenvalue weighted by atomic mass is 10.0. The van der Waals surface area contributed by atoms with Gasteiger partial charge < -0.3 is 9.64 Å². The highest BCUT2D eigenvalue weighted by molar-refractivity contribution is 6.52. The van der Waals surface area contributed by atoms with Crippen LogP contribution in [0, 0.1) is 13.8 Å². The number of amides is 1. The van der Waals surface area contributed by atoms with Crippen molar-refractivity contribution in [3.63, 3.8) is 0 Å². The molecule has 28 heavy (non-hydrogen) atoms. The summed E-state index contributed by atoms with van der Waals surface area (Å²) in [4.78, 5) is 26.8. The van der Waals surface area contributed by atoms with E-state index in [9.17, 15) is 9.59 Å². The minimum absolute atomic E-state index is 0.391. The predicted octanol–water partition coefficient (Wildman–Crippen LogP) is 4.71. The van der Waals surface area contributed by atoms with Crippen molar-refractivity contribution in [2.45, 2.75) is 20.4 Å². The Kier molecular flexibility index (Phi) is 4.47. The summed E-state index contributed by atoms with van der Waals surface area (Å²) in [6.07, 6.45) is 0. The van der Waals surface area contributed by atoms with Crippen molar-refractivity contribution < 1.29 is 14.3 Å². The summed E-state index contributed by atoms with van der Waals surface area (Å²) in [7, 11) is 1.62. The van der Waals surface area contributed by atoms with Gasteiger partial charge in [0.15, 0.2) is 0 Å². The first-order valence-corrected chi connectivity index (χ1v) is 9.18. The van der Waals surface area contributed by atoms with Gasteiger partial charge in [0.05, 0.1) is 24.9 Å². The number of carbonyl (C=O) groups is 2. The minimum Gasteiger partial charge on any atom is -0.497 e. The summed E-state index contributed by atoms with van der Waals surface area (Å²) in [6, 6.07) is 19.4. The number of benzene rings is 3. The van der Waals surface area contributed by atoms with E-state index in [1.54, 1.807) is 18.1 Å². The lowest BCUT2D eigenvalue weighted by molar-refractivity contribution is -0.114. The van der Waals surface area contributed by atoms with Crippen LogP contribution in [0.2, 0.25) is 0 Å². The van der Waals surface area contributed by atoms with Crippen LogP contribution in [0.4, 0.5) is 5.69 Å². The fourth-order valence-electron chi connectivity index (χ4n) is 3.76. The number of rotatable bonds is 4. The Hall–Kier alpha value is -3.40. The maximum Gasteiger partial charge on any atom is 0.299 e. The molecule has 0 bridgehead atoms. The summed E-state index contributed by atoms with van der Waals surface area (Å²) in [5, 5.41) is 0. The van der Waals surface area contributed by atoms with Crippen molar-refractivity contribution in [3.05, 3.63) is 82.9 Å². The molecule has 1 aliphatic heterocycles. The summed E-state index contributed by atoms with van der Waals surface area (Å²) < 4.78 is 5.19.